The molecule has 1 aromatic carbocycles. The molecule has 0 atom stereocenters. The lowest BCUT2D eigenvalue weighted by atomic mass is 10.1. The van der Waals surface area contributed by atoms with Crippen LogP contribution in [0, 0.1) is 5.82 Å². The second-order valence-electron chi connectivity index (χ2n) is 5.56. The van der Waals surface area contributed by atoms with E-state index in [1.165, 1.54) is 31.5 Å². The lowest BCUT2D eigenvalue weighted by Gasteiger charge is -2.25. The summed E-state index contributed by atoms with van der Waals surface area (Å²) >= 11 is 0. The van der Waals surface area contributed by atoms with Gasteiger partial charge < -0.3 is 15.5 Å². The van der Waals surface area contributed by atoms with E-state index in [0.29, 0.717) is 18.8 Å². The van der Waals surface area contributed by atoms with E-state index in [9.17, 15) is 14.0 Å². The number of carbonyl (C=O) groups is 2. The van der Waals surface area contributed by atoms with Gasteiger partial charge in [0.2, 0.25) is 5.91 Å². The van der Waals surface area contributed by atoms with Crippen molar-refractivity contribution in [1.82, 2.24) is 4.90 Å². The molecule has 6 heteroatoms. The number of hydrogen-bond acceptors (Lipinski definition) is 2. The number of rotatable bonds is 2. The van der Waals surface area contributed by atoms with E-state index >= 15 is 0 Å². The fraction of sp³-hybridized carbons (Fsp3) is 0.500. The third-order valence-electron chi connectivity index (χ3n) is 3.67. The van der Waals surface area contributed by atoms with Gasteiger partial charge in [0, 0.05) is 25.7 Å². The van der Waals surface area contributed by atoms with Crippen LogP contribution in [-0.2, 0) is 4.79 Å². The van der Waals surface area contributed by atoms with E-state index in [1.54, 1.807) is 4.90 Å². The van der Waals surface area contributed by atoms with Crippen LogP contribution in [0.5, 0.6) is 0 Å². The molecule has 1 heterocycles. The molecule has 1 aromatic rings. The zero-order chi connectivity index (χ0) is 15.9. The average molecular weight is 307 g/mol. The van der Waals surface area contributed by atoms with Gasteiger partial charge in [0.1, 0.15) is 5.82 Å². The quantitative estimate of drug-likeness (QED) is 0.877. The van der Waals surface area contributed by atoms with Crippen molar-refractivity contribution < 1.29 is 14.0 Å². The minimum atomic E-state index is -0.519. The maximum Gasteiger partial charge on any atom is 0.321 e. The number of anilines is 2. The van der Waals surface area contributed by atoms with Gasteiger partial charge in [0.15, 0.2) is 0 Å². The van der Waals surface area contributed by atoms with Gasteiger partial charge in [-0.05, 0) is 31.0 Å². The minimum Gasteiger partial charge on any atom is -0.326 e. The highest BCUT2D eigenvalue weighted by molar-refractivity contribution is 5.92. The lowest BCUT2D eigenvalue weighted by Crippen LogP contribution is -2.37. The topological polar surface area (TPSA) is 61.4 Å². The number of amides is 3. The predicted molar refractivity (Wildman–Crippen MR) is 84.4 cm³/mol. The molecule has 5 nitrogen and oxygen atoms in total. The Kier molecular flexibility index (Phi) is 5.75. The molecule has 0 radical (unpaired) electrons. The zero-order valence-corrected chi connectivity index (χ0v) is 12.8. The van der Waals surface area contributed by atoms with Crippen LogP contribution in [0.25, 0.3) is 0 Å². The van der Waals surface area contributed by atoms with Crippen molar-refractivity contribution in [2.45, 2.75) is 39.0 Å². The Morgan fingerprint density at radius 1 is 1.05 bits per heavy atom. The van der Waals surface area contributed by atoms with Crippen LogP contribution in [0.3, 0.4) is 0 Å². The Labute approximate surface area is 129 Å². The van der Waals surface area contributed by atoms with Gasteiger partial charge in [0.25, 0.3) is 0 Å². The Balaban J connectivity index is 2.04. The van der Waals surface area contributed by atoms with E-state index in [2.05, 4.69) is 10.6 Å². The fourth-order valence-corrected chi connectivity index (χ4v) is 2.55. The summed E-state index contributed by atoms with van der Waals surface area (Å²) in [5, 5.41) is 5.18. The Morgan fingerprint density at radius 3 is 2.32 bits per heavy atom. The van der Waals surface area contributed by atoms with Crippen LogP contribution < -0.4 is 10.6 Å². The highest BCUT2D eigenvalue weighted by atomic mass is 19.1. The summed E-state index contributed by atoms with van der Waals surface area (Å²) < 4.78 is 13.8. The number of carbonyl (C=O) groups excluding carboxylic acids is 2. The molecule has 0 aliphatic carbocycles. The normalized spacial score (nSPS) is 15.6. The number of benzene rings is 1. The number of halogens is 1. The maximum absolute atomic E-state index is 13.8. The molecule has 0 bridgehead atoms. The highest BCUT2D eigenvalue weighted by Gasteiger charge is 2.16. The average Bonchev–Trinajstić information content (AvgIpc) is 2.41. The number of nitrogens with one attached hydrogen (secondary N) is 2. The minimum absolute atomic E-state index is 0.0818. The molecular weight excluding hydrogens is 285 g/mol. The molecule has 1 fully saturated rings. The summed E-state index contributed by atoms with van der Waals surface area (Å²) in [5.74, 6) is -0.762. The molecule has 120 valence electrons. The summed E-state index contributed by atoms with van der Waals surface area (Å²) in [7, 11) is 0. The summed E-state index contributed by atoms with van der Waals surface area (Å²) in [4.78, 5) is 25.1. The van der Waals surface area contributed by atoms with Crippen LogP contribution in [0.2, 0.25) is 0 Å². The van der Waals surface area contributed by atoms with Crippen LogP contribution >= 0.6 is 0 Å². The first-order valence-electron chi connectivity index (χ1n) is 7.69. The lowest BCUT2D eigenvalue weighted by molar-refractivity contribution is -0.114. The molecule has 0 saturated carbocycles. The summed E-state index contributed by atoms with van der Waals surface area (Å²) in [6.45, 7) is 2.76. The van der Waals surface area contributed by atoms with Crippen LogP contribution in [0.1, 0.15) is 39.0 Å². The summed E-state index contributed by atoms with van der Waals surface area (Å²) in [6.07, 6.45) is 5.40. The Hall–Kier alpha value is -2.11. The first-order chi connectivity index (χ1) is 10.6. The highest BCUT2D eigenvalue weighted by Crippen LogP contribution is 2.20. The first-order valence-corrected chi connectivity index (χ1v) is 7.69. The molecule has 0 spiro atoms. The first kappa shape index (κ1) is 16.3. The Morgan fingerprint density at radius 2 is 1.68 bits per heavy atom. The van der Waals surface area contributed by atoms with E-state index in [1.807, 2.05) is 0 Å². The number of hydrogen-bond donors (Lipinski definition) is 2. The molecule has 0 aromatic heterocycles. The van der Waals surface area contributed by atoms with E-state index in [0.717, 1.165) is 25.7 Å². The molecule has 1 aliphatic rings. The van der Waals surface area contributed by atoms with Gasteiger partial charge in [-0.1, -0.05) is 19.3 Å². The second-order valence-corrected chi connectivity index (χ2v) is 5.56. The molecule has 2 rings (SSSR count). The fourth-order valence-electron chi connectivity index (χ4n) is 2.55. The van der Waals surface area contributed by atoms with Gasteiger partial charge >= 0.3 is 6.03 Å². The van der Waals surface area contributed by atoms with Gasteiger partial charge in [-0.3, -0.25) is 4.79 Å². The van der Waals surface area contributed by atoms with Crippen molar-refractivity contribution >= 4 is 23.3 Å². The number of nitrogens with zero attached hydrogens (tertiary/aromatic N) is 1. The van der Waals surface area contributed by atoms with Gasteiger partial charge in [-0.15, -0.1) is 0 Å². The van der Waals surface area contributed by atoms with Crippen molar-refractivity contribution in [3.63, 3.8) is 0 Å². The van der Waals surface area contributed by atoms with Gasteiger partial charge in [0.05, 0.1) is 5.69 Å². The third kappa shape index (κ3) is 4.72. The van der Waals surface area contributed by atoms with Gasteiger partial charge in [-0.2, -0.15) is 0 Å². The van der Waals surface area contributed by atoms with Crippen molar-refractivity contribution in [2.24, 2.45) is 0 Å². The molecule has 3 amide bonds. The van der Waals surface area contributed by atoms with E-state index in [4.69, 9.17) is 0 Å². The largest absolute Gasteiger partial charge is 0.326 e. The molecular formula is C16H22FN3O2. The van der Waals surface area contributed by atoms with Crippen molar-refractivity contribution in [3.05, 3.63) is 24.0 Å². The summed E-state index contributed by atoms with van der Waals surface area (Å²) in [6, 6.07) is 3.83. The van der Waals surface area contributed by atoms with E-state index in [-0.39, 0.29) is 17.6 Å². The number of urea groups is 1. The van der Waals surface area contributed by atoms with Crippen LogP contribution in [0.15, 0.2) is 18.2 Å². The standard InChI is InChI=1S/C16H22FN3O2/c1-12(21)18-13-7-8-14(17)15(11-13)19-16(22)20-9-5-3-2-4-6-10-20/h7-8,11H,2-6,9-10H2,1H3,(H,18,21)(H,19,22). The third-order valence-corrected chi connectivity index (χ3v) is 3.67. The maximum atomic E-state index is 13.8. The second kappa shape index (κ2) is 7.77. The predicted octanol–water partition coefficient (Wildman–Crippen LogP) is 3.58. The molecule has 2 N–H and O–H groups in total. The monoisotopic (exact) mass is 307 g/mol. The number of likely N-dealkylation sites (tertiary alicyclic amines) is 1. The van der Waals surface area contributed by atoms with Gasteiger partial charge in [-0.25, -0.2) is 9.18 Å². The van der Waals surface area contributed by atoms with E-state index < -0.39 is 5.82 Å². The van der Waals surface area contributed by atoms with Crippen molar-refractivity contribution in [1.29, 1.82) is 0 Å². The Bertz CT molecular complexity index is 540. The SMILES string of the molecule is CC(=O)Nc1ccc(F)c(NC(=O)N2CCCCCCC2)c1. The molecule has 0 unspecified atom stereocenters. The molecule has 1 aliphatic heterocycles. The van der Waals surface area contributed by atoms with Crippen molar-refractivity contribution in [3.8, 4) is 0 Å². The van der Waals surface area contributed by atoms with Crippen LogP contribution in [-0.4, -0.2) is 29.9 Å². The van der Waals surface area contributed by atoms with Crippen molar-refractivity contribution in [2.75, 3.05) is 23.7 Å². The van der Waals surface area contributed by atoms with Crippen LogP contribution in [0.4, 0.5) is 20.6 Å². The summed E-state index contributed by atoms with van der Waals surface area (Å²) in [5.41, 5.74) is 0.537. The zero-order valence-electron chi connectivity index (χ0n) is 12.8. The molecule has 22 heavy (non-hydrogen) atoms. The smallest absolute Gasteiger partial charge is 0.321 e. The molecule has 1 saturated heterocycles.